The van der Waals surface area contributed by atoms with Crippen molar-refractivity contribution in [1.82, 2.24) is 10.3 Å². The van der Waals surface area contributed by atoms with Crippen LogP contribution in [0.25, 0.3) is 10.9 Å². The molecule has 4 rings (SSSR count). The molecule has 0 aliphatic heterocycles. The van der Waals surface area contributed by atoms with Crippen molar-refractivity contribution in [3.05, 3.63) is 70.9 Å². The van der Waals surface area contributed by atoms with Gasteiger partial charge in [-0.25, -0.2) is 9.37 Å². The Morgan fingerprint density at radius 3 is 2.56 bits per heavy atom. The molecular formula is C26H28ClFN2O2. The molecule has 1 N–H and O–H groups in total. The Hall–Kier alpha value is -2.66. The third-order valence-electron chi connectivity index (χ3n) is 6.31. The molecule has 1 amide bonds. The number of para-hydroxylation sites is 1. The smallest absolute Gasteiger partial charge is 0.251 e. The number of carbonyl (C=O) groups is 1. The summed E-state index contributed by atoms with van der Waals surface area (Å²) in [5, 5.41) is 4.73. The highest BCUT2D eigenvalue weighted by Gasteiger charge is 2.29. The average Bonchev–Trinajstić information content (AvgIpc) is 2.83. The number of halogens is 2. The van der Waals surface area contributed by atoms with Crippen LogP contribution < -0.4 is 10.1 Å². The topological polar surface area (TPSA) is 51.2 Å². The van der Waals surface area contributed by atoms with Gasteiger partial charge in [-0.3, -0.25) is 4.79 Å². The fourth-order valence-electron chi connectivity index (χ4n) is 4.56. The Morgan fingerprint density at radius 1 is 1.16 bits per heavy atom. The van der Waals surface area contributed by atoms with Gasteiger partial charge >= 0.3 is 0 Å². The lowest BCUT2D eigenvalue weighted by molar-refractivity contribution is 0.0872. The molecule has 0 bridgehead atoms. The van der Waals surface area contributed by atoms with Crippen molar-refractivity contribution in [2.45, 2.75) is 57.8 Å². The standard InChI is InChI=1S/C26H28ClFN2O2/c1-2-23(30-26(31)18-7-11-19(27)12-8-18)17-9-13-21(14-10-17)32-25-15-20(16-28)29-24-6-4-3-5-22(24)25/h3-8,11-12,15,17,21,23H,2,9-10,13-14,16H2,1H3,(H,30,31)/t17-,21+,23?. The van der Waals surface area contributed by atoms with Crippen molar-refractivity contribution in [3.8, 4) is 5.75 Å². The minimum absolute atomic E-state index is 0.0612. The quantitative estimate of drug-likeness (QED) is 0.443. The normalized spacial score (nSPS) is 19.5. The molecule has 2 aromatic carbocycles. The SMILES string of the molecule is CCC(NC(=O)c1ccc(Cl)cc1)[C@H]1CC[C@@H](Oc2cc(CF)nc3ccccc23)CC1. The number of benzene rings is 2. The molecule has 1 aromatic heterocycles. The summed E-state index contributed by atoms with van der Waals surface area (Å²) in [6.45, 7) is 1.50. The van der Waals surface area contributed by atoms with Gasteiger partial charge in [0.2, 0.25) is 0 Å². The fraction of sp³-hybridized carbons (Fsp3) is 0.385. The molecule has 168 valence electrons. The van der Waals surface area contributed by atoms with Crippen LogP contribution in [0.5, 0.6) is 5.75 Å². The summed E-state index contributed by atoms with van der Waals surface area (Å²) >= 11 is 5.93. The van der Waals surface area contributed by atoms with Gasteiger partial charge in [0.05, 0.1) is 17.3 Å². The van der Waals surface area contributed by atoms with E-state index in [9.17, 15) is 9.18 Å². The number of hydrogen-bond acceptors (Lipinski definition) is 3. The first kappa shape index (κ1) is 22.5. The van der Waals surface area contributed by atoms with E-state index in [-0.39, 0.29) is 18.1 Å². The summed E-state index contributed by atoms with van der Waals surface area (Å²) in [6.07, 6.45) is 4.71. The van der Waals surface area contributed by atoms with E-state index in [0.717, 1.165) is 43.0 Å². The molecule has 6 heteroatoms. The number of carbonyl (C=O) groups excluding carboxylic acids is 1. The van der Waals surface area contributed by atoms with Crippen LogP contribution in [0.3, 0.4) is 0 Å². The Morgan fingerprint density at radius 2 is 1.88 bits per heavy atom. The lowest BCUT2D eigenvalue weighted by Gasteiger charge is -2.34. The van der Waals surface area contributed by atoms with Gasteiger partial charge in [-0.2, -0.15) is 0 Å². The molecule has 1 aliphatic rings. The van der Waals surface area contributed by atoms with Crippen molar-refractivity contribution in [1.29, 1.82) is 0 Å². The Balaban J connectivity index is 1.38. The molecule has 0 radical (unpaired) electrons. The number of hydrogen-bond donors (Lipinski definition) is 1. The number of fused-ring (bicyclic) bond motifs is 1. The predicted octanol–water partition coefficient (Wildman–Crippen LogP) is 6.50. The Labute approximate surface area is 193 Å². The molecule has 1 unspecified atom stereocenters. The summed E-state index contributed by atoms with van der Waals surface area (Å²) in [7, 11) is 0. The molecule has 1 saturated carbocycles. The monoisotopic (exact) mass is 454 g/mol. The summed E-state index contributed by atoms with van der Waals surface area (Å²) in [6, 6.07) is 16.5. The van der Waals surface area contributed by atoms with Gasteiger partial charge in [0, 0.05) is 28.1 Å². The predicted molar refractivity (Wildman–Crippen MR) is 126 cm³/mol. The van der Waals surface area contributed by atoms with Crippen LogP contribution in [0.15, 0.2) is 54.6 Å². The molecule has 0 saturated heterocycles. The molecule has 0 spiro atoms. The maximum absolute atomic E-state index is 13.3. The fourth-order valence-corrected chi connectivity index (χ4v) is 4.68. The van der Waals surface area contributed by atoms with Crippen LogP contribution in [0, 0.1) is 5.92 Å². The van der Waals surface area contributed by atoms with Crippen LogP contribution in [-0.4, -0.2) is 23.0 Å². The molecule has 1 atom stereocenters. The lowest BCUT2D eigenvalue weighted by atomic mass is 9.81. The van der Waals surface area contributed by atoms with Crippen LogP contribution >= 0.6 is 11.6 Å². The summed E-state index contributed by atoms with van der Waals surface area (Å²) in [4.78, 5) is 17.0. The number of rotatable bonds is 7. The first-order valence-electron chi connectivity index (χ1n) is 11.2. The van der Waals surface area contributed by atoms with Crippen LogP contribution in [0.4, 0.5) is 4.39 Å². The van der Waals surface area contributed by atoms with Crippen LogP contribution in [0.1, 0.15) is 55.1 Å². The van der Waals surface area contributed by atoms with E-state index in [2.05, 4.69) is 17.2 Å². The zero-order chi connectivity index (χ0) is 22.5. The molecule has 1 aliphatic carbocycles. The van der Waals surface area contributed by atoms with Gasteiger partial charge in [0.1, 0.15) is 12.4 Å². The number of pyridine rings is 1. The second-order valence-corrected chi connectivity index (χ2v) is 8.85. The first-order valence-corrected chi connectivity index (χ1v) is 11.6. The van der Waals surface area contributed by atoms with E-state index in [4.69, 9.17) is 16.3 Å². The van der Waals surface area contributed by atoms with E-state index < -0.39 is 6.67 Å². The maximum atomic E-state index is 13.3. The van der Waals surface area contributed by atoms with E-state index in [0.29, 0.717) is 27.9 Å². The van der Waals surface area contributed by atoms with Crippen molar-refractivity contribution in [2.75, 3.05) is 0 Å². The number of nitrogens with one attached hydrogen (secondary N) is 1. The molecule has 1 fully saturated rings. The van der Waals surface area contributed by atoms with Crippen molar-refractivity contribution in [2.24, 2.45) is 5.92 Å². The van der Waals surface area contributed by atoms with Crippen molar-refractivity contribution < 1.29 is 13.9 Å². The van der Waals surface area contributed by atoms with Crippen molar-refractivity contribution >= 4 is 28.4 Å². The maximum Gasteiger partial charge on any atom is 0.251 e. The second-order valence-electron chi connectivity index (χ2n) is 8.41. The molecule has 32 heavy (non-hydrogen) atoms. The minimum atomic E-state index is -0.612. The second kappa shape index (κ2) is 10.3. The van der Waals surface area contributed by atoms with E-state index >= 15 is 0 Å². The van der Waals surface area contributed by atoms with Crippen LogP contribution in [-0.2, 0) is 6.67 Å². The number of amides is 1. The van der Waals surface area contributed by atoms with E-state index in [1.165, 1.54) is 0 Å². The van der Waals surface area contributed by atoms with Gasteiger partial charge in [-0.05, 0) is 74.4 Å². The highest BCUT2D eigenvalue weighted by molar-refractivity contribution is 6.30. The number of nitrogens with zero attached hydrogens (tertiary/aromatic N) is 1. The Bertz CT molecular complexity index is 1070. The number of aromatic nitrogens is 1. The Kier molecular flexibility index (Phi) is 7.26. The number of ether oxygens (including phenoxy) is 1. The van der Waals surface area contributed by atoms with Crippen LogP contribution in [0.2, 0.25) is 5.02 Å². The third kappa shape index (κ3) is 5.21. The number of alkyl halides is 1. The van der Waals surface area contributed by atoms with Gasteiger partial charge in [-0.1, -0.05) is 30.7 Å². The summed E-state index contributed by atoms with van der Waals surface area (Å²) in [5.41, 5.74) is 1.77. The largest absolute Gasteiger partial charge is 0.490 e. The highest BCUT2D eigenvalue weighted by atomic mass is 35.5. The lowest BCUT2D eigenvalue weighted by Crippen LogP contribution is -2.42. The van der Waals surface area contributed by atoms with E-state index in [1.54, 1.807) is 30.3 Å². The summed E-state index contributed by atoms with van der Waals surface area (Å²) < 4.78 is 19.6. The zero-order valence-electron chi connectivity index (χ0n) is 18.2. The van der Waals surface area contributed by atoms with Gasteiger partial charge in [-0.15, -0.1) is 0 Å². The molecule has 3 aromatic rings. The van der Waals surface area contributed by atoms with Gasteiger partial charge in [0.15, 0.2) is 0 Å². The first-order chi connectivity index (χ1) is 15.6. The third-order valence-corrected chi connectivity index (χ3v) is 6.56. The van der Waals surface area contributed by atoms with Gasteiger partial charge in [0.25, 0.3) is 5.91 Å². The van der Waals surface area contributed by atoms with Crippen molar-refractivity contribution in [3.63, 3.8) is 0 Å². The molecule has 4 nitrogen and oxygen atoms in total. The molecular weight excluding hydrogens is 427 g/mol. The van der Waals surface area contributed by atoms with Gasteiger partial charge < -0.3 is 10.1 Å². The minimum Gasteiger partial charge on any atom is -0.490 e. The molecule has 1 heterocycles. The van der Waals surface area contributed by atoms with E-state index in [1.807, 2.05) is 24.3 Å². The average molecular weight is 455 g/mol. The highest BCUT2D eigenvalue weighted by Crippen LogP contribution is 2.33. The summed E-state index contributed by atoms with van der Waals surface area (Å²) in [5.74, 6) is 1.05. The zero-order valence-corrected chi connectivity index (χ0v) is 18.9.